The SMILES string of the molecule is CCOC(=O)C(C)N[C@H](C)c1cccs1. The molecule has 15 heavy (non-hydrogen) atoms. The van der Waals surface area contributed by atoms with Gasteiger partial charge in [-0.3, -0.25) is 10.1 Å². The number of carbonyl (C=O) groups excluding carboxylic acids is 1. The van der Waals surface area contributed by atoms with Crippen LogP contribution >= 0.6 is 11.3 Å². The molecule has 1 unspecified atom stereocenters. The lowest BCUT2D eigenvalue weighted by atomic mass is 10.2. The zero-order chi connectivity index (χ0) is 11.3. The van der Waals surface area contributed by atoms with Gasteiger partial charge in [-0.15, -0.1) is 11.3 Å². The van der Waals surface area contributed by atoms with E-state index < -0.39 is 0 Å². The molecule has 2 atom stereocenters. The van der Waals surface area contributed by atoms with Gasteiger partial charge in [0.05, 0.1) is 6.61 Å². The van der Waals surface area contributed by atoms with Gasteiger partial charge < -0.3 is 4.74 Å². The molecule has 1 aromatic heterocycles. The maximum atomic E-state index is 11.4. The lowest BCUT2D eigenvalue weighted by molar-refractivity contribution is -0.145. The molecule has 4 heteroatoms. The van der Waals surface area contributed by atoms with Crippen molar-refractivity contribution in [2.75, 3.05) is 6.61 Å². The molecule has 0 amide bonds. The molecule has 3 nitrogen and oxygen atoms in total. The summed E-state index contributed by atoms with van der Waals surface area (Å²) in [5.74, 6) is -0.194. The van der Waals surface area contributed by atoms with E-state index in [0.29, 0.717) is 6.61 Å². The molecule has 1 aromatic rings. The number of esters is 1. The molecule has 1 N–H and O–H groups in total. The van der Waals surface area contributed by atoms with Gasteiger partial charge in [0.1, 0.15) is 6.04 Å². The van der Waals surface area contributed by atoms with Gasteiger partial charge in [-0.05, 0) is 32.2 Å². The maximum Gasteiger partial charge on any atom is 0.322 e. The van der Waals surface area contributed by atoms with Crippen LogP contribution < -0.4 is 5.32 Å². The van der Waals surface area contributed by atoms with E-state index in [1.807, 2.05) is 32.2 Å². The quantitative estimate of drug-likeness (QED) is 0.785. The monoisotopic (exact) mass is 227 g/mol. The molecule has 0 saturated carbocycles. The molecule has 1 rings (SSSR count). The fraction of sp³-hybridized carbons (Fsp3) is 0.545. The van der Waals surface area contributed by atoms with E-state index in [0.717, 1.165) is 0 Å². The first-order valence-electron chi connectivity index (χ1n) is 5.11. The van der Waals surface area contributed by atoms with Crippen LogP contribution in [0, 0.1) is 0 Å². The first-order chi connectivity index (χ1) is 7.15. The normalized spacial score (nSPS) is 14.6. The number of hydrogen-bond donors (Lipinski definition) is 1. The molecular weight excluding hydrogens is 210 g/mol. The zero-order valence-electron chi connectivity index (χ0n) is 9.32. The van der Waals surface area contributed by atoms with Gasteiger partial charge in [0.25, 0.3) is 0 Å². The summed E-state index contributed by atoms with van der Waals surface area (Å²) in [6, 6.07) is 3.99. The van der Waals surface area contributed by atoms with Gasteiger partial charge in [0.15, 0.2) is 0 Å². The van der Waals surface area contributed by atoms with Gasteiger partial charge in [0, 0.05) is 10.9 Å². The lowest BCUT2D eigenvalue weighted by Crippen LogP contribution is -2.36. The predicted octanol–water partition coefficient (Wildman–Crippen LogP) is 2.35. The van der Waals surface area contributed by atoms with Crippen molar-refractivity contribution in [1.29, 1.82) is 0 Å². The summed E-state index contributed by atoms with van der Waals surface area (Å²) in [7, 11) is 0. The lowest BCUT2D eigenvalue weighted by Gasteiger charge is -2.17. The first-order valence-corrected chi connectivity index (χ1v) is 5.99. The van der Waals surface area contributed by atoms with Crippen molar-refractivity contribution < 1.29 is 9.53 Å². The van der Waals surface area contributed by atoms with Crippen LogP contribution in [0.5, 0.6) is 0 Å². The number of rotatable bonds is 5. The maximum absolute atomic E-state index is 11.4. The molecule has 0 aromatic carbocycles. The number of hydrogen-bond acceptors (Lipinski definition) is 4. The second-order valence-corrected chi connectivity index (χ2v) is 4.36. The minimum atomic E-state index is -0.262. The molecule has 84 valence electrons. The van der Waals surface area contributed by atoms with Crippen LogP contribution in [0.3, 0.4) is 0 Å². The van der Waals surface area contributed by atoms with E-state index in [1.165, 1.54) is 4.88 Å². The molecule has 0 fully saturated rings. The molecule has 0 aliphatic heterocycles. The summed E-state index contributed by atoms with van der Waals surface area (Å²) in [5, 5.41) is 5.23. The highest BCUT2D eigenvalue weighted by molar-refractivity contribution is 7.10. The van der Waals surface area contributed by atoms with Crippen molar-refractivity contribution in [2.45, 2.75) is 32.9 Å². The van der Waals surface area contributed by atoms with Crippen LogP contribution in [0.4, 0.5) is 0 Å². The summed E-state index contributed by atoms with van der Waals surface area (Å²) in [6.07, 6.45) is 0. The minimum absolute atomic E-state index is 0.185. The van der Waals surface area contributed by atoms with Crippen molar-refractivity contribution in [3.8, 4) is 0 Å². The summed E-state index contributed by atoms with van der Waals surface area (Å²) >= 11 is 1.68. The van der Waals surface area contributed by atoms with Crippen LogP contribution in [0.2, 0.25) is 0 Å². The third-order valence-electron chi connectivity index (χ3n) is 2.11. The van der Waals surface area contributed by atoms with E-state index in [2.05, 4.69) is 11.4 Å². The Kier molecular flexibility index (Phi) is 4.78. The van der Waals surface area contributed by atoms with E-state index >= 15 is 0 Å². The van der Waals surface area contributed by atoms with E-state index in [4.69, 9.17) is 4.74 Å². The van der Waals surface area contributed by atoms with Crippen LogP contribution in [-0.2, 0) is 9.53 Å². The third-order valence-corrected chi connectivity index (χ3v) is 3.17. The van der Waals surface area contributed by atoms with Gasteiger partial charge in [-0.25, -0.2) is 0 Å². The Morgan fingerprint density at radius 1 is 1.60 bits per heavy atom. The Morgan fingerprint density at radius 2 is 2.33 bits per heavy atom. The average molecular weight is 227 g/mol. The van der Waals surface area contributed by atoms with E-state index in [9.17, 15) is 4.79 Å². The van der Waals surface area contributed by atoms with Gasteiger partial charge in [0.2, 0.25) is 0 Å². The van der Waals surface area contributed by atoms with Crippen LogP contribution in [-0.4, -0.2) is 18.6 Å². The Labute approximate surface area is 94.5 Å². The topological polar surface area (TPSA) is 38.3 Å². The highest BCUT2D eigenvalue weighted by Gasteiger charge is 2.17. The second kappa shape index (κ2) is 5.88. The summed E-state index contributed by atoms with van der Waals surface area (Å²) in [5.41, 5.74) is 0. The van der Waals surface area contributed by atoms with Gasteiger partial charge in [-0.1, -0.05) is 6.07 Å². The molecule has 0 bridgehead atoms. The van der Waals surface area contributed by atoms with Crippen LogP contribution in [0.25, 0.3) is 0 Å². The number of ether oxygens (including phenoxy) is 1. The second-order valence-electron chi connectivity index (χ2n) is 3.38. The fourth-order valence-electron chi connectivity index (χ4n) is 1.33. The van der Waals surface area contributed by atoms with Crippen molar-refractivity contribution in [3.63, 3.8) is 0 Å². The Bertz CT molecular complexity index is 298. The predicted molar refractivity (Wildman–Crippen MR) is 62.0 cm³/mol. The fourth-order valence-corrected chi connectivity index (χ4v) is 2.07. The number of carbonyl (C=O) groups is 1. The van der Waals surface area contributed by atoms with Crippen LogP contribution in [0.15, 0.2) is 17.5 Å². The molecule has 0 spiro atoms. The zero-order valence-corrected chi connectivity index (χ0v) is 10.1. The molecule has 1 heterocycles. The number of thiophene rings is 1. The Balaban J connectivity index is 2.44. The van der Waals surface area contributed by atoms with Crippen molar-refractivity contribution in [3.05, 3.63) is 22.4 Å². The largest absolute Gasteiger partial charge is 0.465 e. The molecular formula is C11H17NO2S. The Morgan fingerprint density at radius 3 is 2.87 bits per heavy atom. The molecule has 0 aliphatic rings. The summed E-state index contributed by atoms with van der Waals surface area (Å²) in [4.78, 5) is 12.6. The summed E-state index contributed by atoms with van der Waals surface area (Å²) < 4.78 is 4.92. The van der Waals surface area contributed by atoms with Crippen molar-refractivity contribution >= 4 is 17.3 Å². The highest BCUT2D eigenvalue weighted by atomic mass is 32.1. The standard InChI is InChI=1S/C11H17NO2S/c1-4-14-11(13)9(3)12-8(2)10-6-5-7-15-10/h5-9,12H,4H2,1-3H3/t8-,9?/m1/s1. The molecule has 0 saturated heterocycles. The third kappa shape index (κ3) is 3.64. The highest BCUT2D eigenvalue weighted by Crippen LogP contribution is 2.18. The number of nitrogens with one attached hydrogen (secondary N) is 1. The Hall–Kier alpha value is -0.870. The van der Waals surface area contributed by atoms with Gasteiger partial charge in [-0.2, -0.15) is 0 Å². The van der Waals surface area contributed by atoms with Crippen molar-refractivity contribution in [1.82, 2.24) is 5.32 Å². The smallest absolute Gasteiger partial charge is 0.322 e. The van der Waals surface area contributed by atoms with Crippen molar-refractivity contribution in [2.24, 2.45) is 0 Å². The van der Waals surface area contributed by atoms with E-state index in [1.54, 1.807) is 11.3 Å². The van der Waals surface area contributed by atoms with Crippen LogP contribution in [0.1, 0.15) is 31.7 Å². The van der Waals surface area contributed by atoms with Gasteiger partial charge >= 0.3 is 5.97 Å². The first kappa shape index (κ1) is 12.2. The average Bonchev–Trinajstić information content (AvgIpc) is 2.70. The van der Waals surface area contributed by atoms with E-state index in [-0.39, 0.29) is 18.1 Å². The minimum Gasteiger partial charge on any atom is -0.465 e. The summed E-state index contributed by atoms with van der Waals surface area (Å²) in [6.45, 7) is 6.11. The molecule has 0 aliphatic carbocycles. The molecule has 0 radical (unpaired) electrons.